The van der Waals surface area contributed by atoms with E-state index in [4.69, 9.17) is 27.8 Å². The van der Waals surface area contributed by atoms with E-state index < -0.39 is 11.9 Å². The van der Waals surface area contributed by atoms with Crippen molar-refractivity contribution >= 4 is 17.5 Å². The molecule has 0 aliphatic rings. The SMILES string of the molecule is NC(=O)C(N)COc1cccc(Cl)c1. The molecular formula is C9H11ClN2O2. The van der Waals surface area contributed by atoms with Gasteiger partial charge in [-0.3, -0.25) is 4.79 Å². The van der Waals surface area contributed by atoms with E-state index in [0.29, 0.717) is 10.8 Å². The van der Waals surface area contributed by atoms with Crippen LogP contribution in [0.15, 0.2) is 24.3 Å². The monoisotopic (exact) mass is 214 g/mol. The van der Waals surface area contributed by atoms with Gasteiger partial charge in [-0.2, -0.15) is 0 Å². The van der Waals surface area contributed by atoms with Gasteiger partial charge in [0.1, 0.15) is 18.4 Å². The summed E-state index contributed by atoms with van der Waals surface area (Å²) in [4.78, 5) is 10.6. The maximum Gasteiger partial charge on any atom is 0.237 e. The van der Waals surface area contributed by atoms with Gasteiger partial charge in [0.2, 0.25) is 5.91 Å². The molecule has 1 aromatic rings. The van der Waals surface area contributed by atoms with Gasteiger partial charge in [0, 0.05) is 5.02 Å². The number of halogens is 1. The highest BCUT2D eigenvalue weighted by Crippen LogP contribution is 2.16. The summed E-state index contributed by atoms with van der Waals surface area (Å²) >= 11 is 5.72. The van der Waals surface area contributed by atoms with Gasteiger partial charge < -0.3 is 16.2 Å². The second kappa shape index (κ2) is 4.83. The molecule has 4 nitrogen and oxygen atoms in total. The molecule has 0 fully saturated rings. The molecule has 76 valence electrons. The smallest absolute Gasteiger partial charge is 0.237 e. The lowest BCUT2D eigenvalue weighted by Crippen LogP contribution is -2.41. The van der Waals surface area contributed by atoms with E-state index in [0.717, 1.165) is 0 Å². The van der Waals surface area contributed by atoms with Crippen LogP contribution in [0.25, 0.3) is 0 Å². The summed E-state index contributed by atoms with van der Waals surface area (Å²) in [6.45, 7) is 0.0513. The summed E-state index contributed by atoms with van der Waals surface area (Å²) in [6.07, 6.45) is 0. The number of rotatable bonds is 4. The maximum atomic E-state index is 10.6. The van der Waals surface area contributed by atoms with Crippen molar-refractivity contribution in [3.8, 4) is 5.75 Å². The number of carbonyl (C=O) groups is 1. The van der Waals surface area contributed by atoms with E-state index in [1.807, 2.05) is 0 Å². The predicted molar refractivity (Wildman–Crippen MR) is 54.1 cm³/mol. The number of carbonyl (C=O) groups excluding carboxylic acids is 1. The Hall–Kier alpha value is -1.26. The third-order valence-electron chi connectivity index (χ3n) is 1.59. The Kier molecular flexibility index (Phi) is 3.73. The Labute approximate surface area is 86.8 Å². The quantitative estimate of drug-likeness (QED) is 0.768. The summed E-state index contributed by atoms with van der Waals surface area (Å²) in [5.74, 6) is -0.0266. The van der Waals surface area contributed by atoms with Crippen LogP contribution in [0.5, 0.6) is 5.75 Å². The van der Waals surface area contributed by atoms with Crippen molar-refractivity contribution in [3.63, 3.8) is 0 Å². The zero-order valence-electron chi connectivity index (χ0n) is 7.44. The molecule has 1 amide bonds. The predicted octanol–water partition coefficient (Wildman–Crippen LogP) is 0.531. The zero-order valence-corrected chi connectivity index (χ0v) is 8.20. The minimum Gasteiger partial charge on any atom is -0.491 e. The lowest BCUT2D eigenvalue weighted by molar-refractivity contribution is -0.119. The Morgan fingerprint density at radius 1 is 1.57 bits per heavy atom. The minimum absolute atomic E-state index is 0.0513. The van der Waals surface area contributed by atoms with Crippen molar-refractivity contribution in [1.82, 2.24) is 0 Å². The number of hydrogen-bond donors (Lipinski definition) is 2. The normalized spacial score (nSPS) is 12.1. The van der Waals surface area contributed by atoms with Crippen molar-refractivity contribution in [3.05, 3.63) is 29.3 Å². The number of primary amides is 1. The van der Waals surface area contributed by atoms with Crippen LogP contribution in [0.2, 0.25) is 5.02 Å². The first-order valence-corrected chi connectivity index (χ1v) is 4.40. The first kappa shape index (κ1) is 10.8. The van der Waals surface area contributed by atoms with E-state index in [1.54, 1.807) is 24.3 Å². The molecule has 0 spiro atoms. The number of benzene rings is 1. The van der Waals surface area contributed by atoms with Crippen LogP contribution in [0, 0.1) is 0 Å². The fourth-order valence-corrected chi connectivity index (χ4v) is 1.01. The van der Waals surface area contributed by atoms with Gasteiger partial charge in [-0.1, -0.05) is 17.7 Å². The molecule has 14 heavy (non-hydrogen) atoms. The molecule has 0 aliphatic carbocycles. The van der Waals surface area contributed by atoms with Gasteiger partial charge in [-0.05, 0) is 18.2 Å². The molecular weight excluding hydrogens is 204 g/mol. The van der Waals surface area contributed by atoms with E-state index in [2.05, 4.69) is 0 Å². The largest absolute Gasteiger partial charge is 0.491 e. The molecule has 1 atom stereocenters. The number of ether oxygens (including phenoxy) is 1. The fraction of sp³-hybridized carbons (Fsp3) is 0.222. The maximum absolute atomic E-state index is 10.6. The summed E-state index contributed by atoms with van der Waals surface area (Å²) in [6, 6.07) is 6.03. The number of nitrogens with two attached hydrogens (primary N) is 2. The summed E-state index contributed by atoms with van der Waals surface area (Å²) in [7, 11) is 0. The molecule has 0 heterocycles. The van der Waals surface area contributed by atoms with E-state index >= 15 is 0 Å². The van der Waals surface area contributed by atoms with Crippen LogP contribution >= 0.6 is 11.6 Å². The molecule has 1 rings (SSSR count). The highest BCUT2D eigenvalue weighted by Gasteiger charge is 2.09. The molecule has 0 saturated carbocycles. The van der Waals surface area contributed by atoms with Crippen LogP contribution < -0.4 is 16.2 Å². The van der Waals surface area contributed by atoms with Crippen LogP contribution in [0.4, 0.5) is 0 Å². The standard InChI is InChI=1S/C9H11ClN2O2/c10-6-2-1-3-7(4-6)14-5-8(11)9(12)13/h1-4,8H,5,11H2,(H2,12,13). The first-order chi connectivity index (χ1) is 6.59. The van der Waals surface area contributed by atoms with Crippen molar-refractivity contribution in [2.75, 3.05) is 6.61 Å². The van der Waals surface area contributed by atoms with E-state index in [-0.39, 0.29) is 6.61 Å². The van der Waals surface area contributed by atoms with Crippen molar-refractivity contribution < 1.29 is 9.53 Å². The molecule has 0 aromatic heterocycles. The van der Waals surface area contributed by atoms with Crippen molar-refractivity contribution in [2.45, 2.75) is 6.04 Å². The lowest BCUT2D eigenvalue weighted by Gasteiger charge is -2.09. The van der Waals surface area contributed by atoms with Gasteiger partial charge in [0.15, 0.2) is 0 Å². The number of hydrogen-bond acceptors (Lipinski definition) is 3. The summed E-state index contributed by atoms with van der Waals surface area (Å²) < 4.78 is 5.20. The van der Waals surface area contributed by atoms with Crippen LogP contribution in [0.1, 0.15) is 0 Å². The van der Waals surface area contributed by atoms with Gasteiger partial charge in [-0.25, -0.2) is 0 Å². The average Bonchev–Trinajstić information content (AvgIpc) is 2.14. The van der Waals surface area contributed by atoms with Gasteiger partial charge in [-0.15, -0.1) is 0 Å². The third kappa shape index (κ3) is 3.24. The molecule has 4 N–H and O–H groups in total. The highest BCUT2D eigenvalue weighted by atomic mass is 35.5. The molecule has 0 aliphatic heterocycles. The summed E-state index contributed by atoms with van der Waals surface area (Å²) in [5, 5.41) is 0.565. The Balaban J connectivity index is 2.49. The van der Waals surface area contributed by atoms with Gasteiger partial charge in [0.25, 0.3) is 0 Å². The average molecular weight is 215 g/mol. The van der Waals surface area contributed by atoms with Gasteiger partial charge >= 0.3 is 0 Å². The highest BCUT2D eigenvalue weighted by molar-refractivity contribution is 6.30. The second-order valence-corrected chi connectivity index (χ2v) is 3.21. The molecule has 1 unspecified atom stereocenters. The van der Waals surface area contributed by atoms with Crippen LogP contribution in [0.3, 0.4) is 0 Å². The fourth-order valence-electron chi connectivity index (χ4n) is 0.825. The van der Waals surface area contributed by atoms with E-state index in [9.17, 15) is 4.79 Å². The van der Waals surface area contributed by atoms with Crippen molar-refractivity contribution in [1.29, 1.82) is 0 Å². The van der Waals surface area contributed by atoms with Crippen LogP contribution in [-0.2, 0) is 4.79 Å². The Bertz CT molecular complexity index is 330. The number of amides is 1. The topological polar surface area (TPSA) is 78.3 Å². The van der Waals surface area contributed by atoms with E-state index in [1.165, 1.54) is 0 Å². The van der Waals surface area contributed by atoms with Gasteiger partial charge in [0.05, 0.1) is 0 Å². The molecule has 5 heteroatoms. The minimum atomic E-state index is -0.797. The Morgan fingerprint density at radius 3 is 2.86 bits per heavy atom. The molecule has 0 saturated heterocycles. The lowest BCUT2D eigenvalue weighted by atomic mass is 10.3. The molecule has 0 radical (unpaired) electrons. The first-order valence-electron chi connectivity index (χ1n) is 4.03. The van der Waals surface area contributed by atoms with Crippen LogP contribution in [-0.4, -0.2) is 18.6 Å². The zero-order chi connectivity index (χ0) is 10.6. The third-order valence-corrected chi connectivity index (χ3v) is 1.83. The summed E-state index contributed by atoms with van der Waals surface area (Å²) in [5.41, 5.74) is 10.3. The van der Waals surface area contributed by atoms with Crippen molar-refractivity contribution in [2.24, 2.45) is 11.5 Å². The molecule has 1 aromatic carbocycles. The Morgan fingerprint density at radius 2 is 2.29 bits per heavy atom. The second-order valence-electron chi connectivity index (χ2n) is 2.78. The molecule has 0 bridgehead atoms.